The predicted octanol–water partition coefficient (Wildman–Crippen LogP) is 0.819. The van der Waals surface area contributed by atoms with E-state index in [-0.39, 0.29) is 112 Å². The van der Waals surface area contributed by atoms with E-state index in [0.717, 1.165) is 5.56 Å². The van der Waals surface area contributed by atoms with Gasteiger partial charge in [-0.15, -0.1) is 0 Å². The first-order valence-corrected chi connectivity index (χ1v) is 12.7. The second kappa shape index (κ2) is 14.7. The Morgan fingerprint density at radius 3 is 2.30 bits per heavy atom. The number of aromatic hydroxyl groups is 2. The molecular formula is C26H27KO9S. The van der Waals surface area contributed by atoms with Crippen LogP contribution in [0, 0.1) is 0 Å². The summed E-state index contributed by atoms with van der Waals surface area (Å²) in [7, 11) is -2.92. The van der Waals surface area contributed by atoms with Gasteiger partial charge in [0.25, 0.3) is 0 Å². The minimum absolute atomic E-state index is 0. The van der Waals surface area contributed by atoms with Gasteiger partial charge in [-0.25, -0.2) is 8.42 Å². The Balaban J connectivity index is 0.00000481. The molecule has 3 aromatic carbocycles. The summed E-state index contributed by atoms with van der Waals surface area (Å²) in [4.78, 5) is 13.1. The number of phenolic OH excluding ortho intramolecular Hbond substituents is 2. The van der Waals surface area contributed by atoms with Crippen molar-refractivity contribution in [2.24, 2.45) is 0 Å². The number of carbonyl (C=O) groups is 1. The number of hydrogen-bond acceptors (Lipinski definition) is 9. The fraction of sp³-hybridized carbons (Fsp3) is 0.269. The molecule has 0 aromatic heterocycles. The molecule has 0 radical (unpaired) electrons. The van der Waals surface area contributed by atoms with Gasteiger partial charge in [-0.1, -0.05) is 36.4 Å². The third kappa shape index (κ3) is 9.93. The van der Waals surface area contributed by atoms with Crippen LogP contribution in [-0.2, 0) is 23.1 Å². The van der Waals surface area contributed by atoms with Crippen LogP contribution >= 0.6 is 0 Å². The fourth-order valence-corrected chi connectivity index (χ4v) is 3.96. The van der Waals surface area contributed by atoms with E-state index >= 15 is 0 Å². The summed E-state index contributed by atoms with van der Waals surface area (Å²) in [5.74, 6) is -0.757. The summed E-state index contributed by atoms with van der Waals surface area (Å²) < 4.78 is 48.7. The molecular weight excluding hydrogens is 527 g/mol. The SMILES string of the molecule is COc1ccc(CCC(=O)c2c(O)cc(OCCCS(=O)(=O)[O-])cc2OCc2ccccc2)cc1O.[K+]. The van der Waals surface area contributed by atoms with E-state index < -0.39 is 15.9 Å². The molecule has 0 unspecified atom stereocenters. The van der Waals surface area contributed by atoms with Gasteiger partial charge < -0.3 is 29.0 Å². The first-order valence-electron chi connectivity index (χ1n) is 11.2. The number of aryl methyl sites for hydroxylation is 1. The molecule has 3 rings (SSSR count). The van der Waals surface area contributed by atoms with Gasteiger partial charge in [0.2, 0.25) is 0 Å². The molecule has 0 aliphatic heterocycles. The smallest absolute Gasteiger partial charge is 0.748 e. The van der Waals surface area contributed by atoms with Crippen LogP contribution < -0.4 is 65.6 Å². The molecule has 0 saturated carbocycles. The maximum Gasteiger partial charge on any atom is 1.00 e. The summed E-state index contributed by atoms with van der Waals surface area (Å²) in [6.07, 6.45) is 0.306. The molecule has 0 fully saturated rings. The van der Waals surface area contributed by atoms with E-state index in [4.69, 9.17) is 14.2 Å². The Hall–Kier alpha value is -2.12. The Morgan fingerprint density at radius 1 is 0.919 bits per heavy atom. The van der Waals surface area contributed by atoms with Crippen molar-refractivity contribution < 1.29 is 93.6 Å². The zero-order chi connectivity index (χ0) is 26.1. The fourth-order valence-electron chi connectivity index (χ4n) is 3.49. The van der Waals surface area contributed by atoms with E-state index in [9.17, 15) is 28.0 Å². The summed E-state index contributed by atoms with van der Waals surface area (Å²) >= 11 is 0. The Kier molecular flexibility index (Phi) is 12.4. The van der Waals surface area contributed by atoms with Gasteiger partial charge in [0.05, 0.1) is 23.8 Å². The number of rotatable bonds is 13. The molecule has 0 aliphatic carbocycles. The zero-order valence-corrected chi connectivity index (χ0v) is 24.6. The monoisotopic (exact) mass is 554 g/mol. The van der Waals surface area contributed by atoms with Crippen molar-refractivity contribution in [1.82, 2.24) is 0 Å². The second-order valence-electron chi connectivity index (χ2n) is 7.98. The normalized spacial score (nSPS) is 10.9. The number of methoxy groups -OCH3 is 1. The first kappa shape index (κ1) is 31.1. The van der Waals surface area contributed by atoms with E-state index in [0.29, 0.717) is 17.7 Å². The van der Waals surface area contributed by atoms with Gasteiger partial charge in [0, 0.05) is 24.3 Å². The molecule has 0 saturated heterocycles. The Morgan fingerprint density at radius 2 is 1.65 bits per heavy atom. The molecule has 11 heteroatoms. The van der Waals surface area contributed by atoms with E-state index in [2.05, 4.69) is 0 Å². The second-order valence-corrected chi connectivity index (χ2v) is 9.51. The molecule has 0 heterocycles. The average Bonchev–Trinajstić information content (AvgIpc) is 2.84. The summed E-state index contributed by atoms with van der Waals surface area (Å²) in [5.41, 5.74) is 1.54. The third-order valence-corrected chi connectivity index (χ3v) is 6.05. The molecule has 0 spiro atoms. The van der Waals surface area contributed by atoms with Crippen molar-refractivity contribution in [3.05, 3.63) is 77.4 Å². The Bertz CT molecular complexity index is 1290. The van der Waals surface area contributed by atoms with Crippen LogP contribution in [0.3, 0.4) is 0 Å². The van der Waals surface area contributed by atoms with Crippen molar-refractivity contribution in [2.45, 2.75) is 25.9 Å². The number of phenols is 2. The Labute approximate surface area is 258 Å². The molecule has 3 aromatic rings. The molecule has 37 heavy (non-hydrogen) atoms. The number of ether oxygens (including phenoxy) is 3. The van der Waals surface area contributed by atoms with Gasteiger partial charge in [-0.2, -0.15) is 0 Å². The topological polar surface area (TPSA) is 142 Å². The van der Waals surface area contributed by atoms with Gasteiger partial charge in [-0.3, -0.25) is 4.79 Å². The van der Waals surface area contributed by atoms with Crippen molar-refractivity contribution >= 4 is 15.9 Å². The molecule has 0 amide bonds. The molecule has 0 bridgehead atoms. The molecule has 0 aliphatic rings. The molecule has 192 valence electrons. The maximum atomic E-state index is 13.1. The van der Waals surface area contributed by atoms with Crippen molar-refractivity contribution in [3.63, 3.8) is 0 Å². The van der Waals surface area contributed by atoms with E-state index in [1.807, 2.05) is 30.3 Å². The van der Waals surface area contributed by atoms with E-state index in [1.165, 1.54) is 25.3 Å². The summed E-state index contributed by atoms with van der Waals surface area (Å²) in [5, 5.41) is 20.6. The maximum absolute atomic E-state index is 13.1. The third-order valence-electron chi connectivity index (χ3n) is 5.26. The average molecular weight is 555 g/mol. The number of benzene rings is 3. The number of Topliss-reactive ketones (excluding diaryl/α,β-unsaturated/α-hetero) is 1. The number of carbonyl (C=O) groups excluding carboxylic acids is 1. The van der Waals surface area contributed by atoms with Crippen molar-refractivity contribution in [1.29, 1.82) is 0 Å². The first-order chi connectivity index (χ1) is 17.2. The van der Waals surface area contributed by atoms with Gasteiger partial charge in [0.15, 0.2) is 17.3 Å². The van der Waals surface area contributed by atoms with Crippen LogP contribution in [0.1, 0.15) is 34.3 Å². The number of hydrogen-bond donors (Lipinski definition) is 2. The zero-order valence-electron chi connectivity index (χ0n) is 20.7. The van der Waals surface area contributed by atoms with Crippen LogP contribution in [0.25, 0.3) is 0 Å². The quantitative estimate of drug-likeness (QED) is 0.136. The van der Waals surface area contributed by atoms with Crippen LogP contribution in [0.15, 0.2) is 60.7 Å². The van der Waals surface area contributed by atoms with Gasteiger partial charge >= 0.3 is 51.4 Å². The number of ketones is 1. The molecule has 2 N–H and O–H groups in total. The summed E-state index contributed by atoms with van der Waals surface area (Å²) in [6.45, 7) is 0.0537. The van der Waals surface area contributed by atoms with Crippen molar-refractivity contribution in [2.75, 3.05) is 19.5 Å². The predicted molar refractivity (Wildman–Crippen MR) is 131 cm³/mol. The minimum Gasteiger partial charge on any atom is -0.748 e. The van der Waals surface area contributed by atoms with Gasteiger partial charge in [-0.05, 0) is 36.1 Å². The largest absolute Gasteiger partial charge is 1.00 e. The van der Waals surface area contributed by atoms with E-state index in [1.54, 1.807) is 12.1 Å². The summed E-state index contributed by atoms with van der Waals surface area (Å²) in [6, 6.07) is 16.8. The van der Waals surface area contributed by atoms with Crippen LogP contribution in [-0.4, -0.2) is 48.4 Å². The van der Waals surface area contributed by atoms with Gasteiger partial charge in [0.1, 0.15) is 29.4 Å². The molecule has 0 atom stereocenters. The molecule has 9 nitrogen and oxygen atoms in total. The standard InChI is InChI=1S/C26H28O9S.K/c1-33-24-11-9-18(14-22(24)28)8-10-21(27)26-23(29)15-20(34-12-5-13-36(30,31)32)16-25(26)35-17-19-6-3-2-4-7-19;/h2-4,6-7,9,11,14-16,28-29H,5,8,10,12-13,17H2,1H3,(H,30,31,32);/q;+1/p-1. The minimum atomic E-state index is -4.36. The van der Waals surface area contributed by atoms with Crippen molar-refractivity contribution in [3.8, 4) is 28.7 Å². The van der Waals surface area contributed by atoms with Crippen LogP contribution in [0.2, 0.25) is 0 Å². The van der Waals surface area contributed by atoms with Crippen LogP contribution in [0.5, 0.6) is 28.7 Å². The van der Waals surface area contributed by atoms with Crippen LogP contribution in [0.4, 0.5) is 0 Å².